The van der Waals surface area contributed by atoms with Crippen LogP contribution in [0.4, 0.5) is 0 Å². The normalized spacial score (nSPS) is 10.9. The fraction of sp³-hybridized carbons (Fsp3) is 0.300. The molecule has 0 atom stereocenters. The van der Waals surface area contributed by atoms with Gasteiger partial charge in [-0.3, -0.25) is 4.68 Å². The third-order valence-corrected chi connectivity index (χ3v) is 4.01. The Balaban J connectivity index is 2.57. The molecule has 0 aliphatic carbocycles. The molecule has 15 heavy (non-hydrogen) atoms. The van der Waals surface area contributed by atoms with Gasteiger partial charge in [-0.25, -0.2) is 0 Å². The van der Waals surface area contributed by atoms with E-state index in [0.29, 0.717) is 6.54 Å². The van der Waals surface area contributed by atoms with Crippen LogP contribution in [-0.2, 0) is 13.6 Å². The molecule has 0 aliphatic heterocycles. The molecule has 0 bridgehead atoms. The van der Waals surface area contributed by atoms with Crippen LogP contribution in [0.2, 0.25) is 0 Å². The number of aromatic nitrogens is 2. The average molecular weight is 239 g/mol. The molecule has 80 valence electrons. The second-order valence-corrected chi connectivity index (χ2v) is 4.88. The van der Waals surface area contributed by atoms with Crippen molar-refractivity contribution in [2.24, 2.45) is 12.8 Å². The summed E-state index contributed by atoms with van der Waals surface area (Å²) < 4.78 is 1.90. The first-order chi connectivity index (χ1) is 7.27. The zero-order valence-corrected chi connectivity index (χ0v) is 10.4. The SMILES string of the molecule is CSc1c(CN)c(-c2cccs2)nn1C. The zero-order valence-electron chi connectivity index (χ0n) is 8.73. The van der Waals surface area contributed by atoms with E-state index in [2.05, 4.69) is 16.5 Å². The van der Waals surface area contributed by atoms with E-state index in [1.807, 2.05) is 24.1 Å². The molecule has 5 heteroatoms. The Morgan fingerprint density at radius 3 is 2.93 bits per heavy atom. The van der Waals surface area contributed by atoms with E-state index in [1.54, 1.807) is 23.1 Å². The van der Waals surface area contributed by atoms with Crippen LogP contribution in [0.1, 0.15) is 5.56 Å². The standard InChI is InChI=1S/C10H13N3S2/c1-13-10(14-2)7(6-11)9(12-13)8-4-3-5-15-8/h3-5H,6,11H2,1-2H3. The lowest BCUT2D eigenvalue weighted by atomic mass is 10.2. The van der Waals surface area contributed by atoms with E-state index in [0.717, 1.165) is 16.3 Å². The first kappa shape index (κ1) is 10.7. The third-order valence-electron chi connectivity index (χ3n) is 2.24. The van der Waals surface area contributed by atoms with Gasteiger partial charge in [0, 0.05) is 19.2 Å². The van der Waals surface area contributed by atoms with Crippen LogP contribution in [0.15, 0.2) is 22.5 Å². The largest absolute Gasteiger partial charge is 0.326 e. The molecule has 0 radical (unpaired) electrons. The predicted molar refractivity (Wildman–Crippen MR) is 66.2 cm³/mol. The quantitative estimate of drug-likeness (QED) is 0.836. The Morgan fingerprint density at radius 2 is 2.40 bits per heavy atom. The number of rotatable bonds is 3. The summed E-state index contributed by atoms with van der Waals surface area (Å²) in [4.78, 5) is 1.19. The maximum absolute atomic E-state index is 5.78. The molecule has 0 aliphatic rings. The summed E-state index contributed by atoms with van der Waals surface area (Å²) in [6.45, 7) is 0.539. The van der Waals surface area contributed by atoms with Crippen LogP contribution in [-0.4, -0.2) is 16.0 Å². The van der Waals surface area contributed by atoms with Gasteiger partial charge in [-0.1, -0.05) is 6.07 Å². The van der Waals surface area contributed by atoms with Crippen molar-refractivity contribution in [3.8, 4) is 10.6 Å². The van der Waals surface area contributed by atoms with Crippen LogP contribution < -0.4 is 5.73 Å². The summed E-state index contributed by atoms with van der Waals surface area (Å²) in [6, 6.07) is 4.12. The van der Waals surface area contributed by atoms with E-state index in [9.17, 15) is 0 Å². The van der Waals surface area contributed by atoms with Crippen LogP contribution >= 0.6 is 23.1 Å². The van der Waals surface area contributed by atoms with Gasteiger partial charge in [0.2, 0.25) is 0 Å². The topological polar surface area (TPSA) is 43.8 Å². The molecule has 0 fully saturated rings. The van der Waals surface area contributed by atoms with Crippen LogP contribution in [0.5, 0.6) is 0 Å². The summed E-state index contributed by atoms with van der Waals surface area (Å²) in [7, 11) is 1.96. The maximum atomic E-state index is 5.78. The predicted octanol–water partition coefficient (Wildman–Crippen LogP) is 2.33. The molecule has 0 amide bonds. The number of nitrogens with two attached hydrogens (primary N) is 1. The zero-order chi connectivity index (χ0) is 10.8. The highest BCUT2D eigenvalue weighted by Crippen LogP contribution is 2.32. The molecule has 0 aromatic carbocycles. The van der Waals surface area contributed by atoms with Gasteiger partial charge < -0.3 is 5.73 Å². The lowest BCUT2D eigenvalue weighted by Gasteiger charge is -1.99. The van der Waals surface area contributed by atoms with Crippen molar-refractivity contribution in [1.29, 1.82) is 0 Å². The van der Waals surface area contributed by atoms with E-state index in [1.165, 1.54) is 4.88 Å². The molecule has 3 nitrogen and oxygen atoms in total. The Morgan fingerprint density at radius 1 is 1.60 bits per heavy atom. The molecule has 0 unspecified atom stereocenters. The second-order valence-electron chi connectivity index (χ2n) is 3.14. The van der Waals surface area contributed by atoms with Crippen molar-refractivity contribution in [2.45, 2.75) is 11.6 Å². The van der Waals surface area contributed by atoms with Gasteiger partial charge in [0.1, 0.15) is 5.69 Å². The molecule has 2 heterocycles. The Labute approximate surface area is 97.3 Å². The minimum atomic E-state index is 0.539. The Kier molecular flexibility index (Phi) is 3.14. The number of thiophene rings is 1. The van der Waals surface area contributed by atoms with Crippen molar-refractivity contribution >= 4 is 23.1 Å². The first-order valence-electron chi connectivity index (χ1n) is 4.61. The van der Waals surface area contributed by atoms with E-state index < -0.39 is 0 Å². The van der Waals surface area contributed by atoms with Gasteiger partial charge in [-0.2, -0.15) is 5.10 Å². The van der Waals surface area contributed by atoms with Crippen LogP contribution in [0.25, 0.3) is 10.6 Å². The lowest BCUT2D eigenvalue weighted by molar-refractivity contribution is 0.696. The first-order valence-corrected chi connectivity index (χ1v) is 6.72. The van der Waals surface area contributed by atoms with Crippen LogP contribution in [0.3, 0.4) is 0 Å². The molecule has 2 N–H and O–H groups in total. The maximum Gasteiger partial charge on any atom is 0.108 e. The molecular formula is C10H13N3S2. The molecule has 0 saturated carbocycles. The highest BCUT2D eigenvalue weighted by molar-refractivity contribution is 7.98. The van der Waals surface area contributed by atoms with Gasteiger partial charge in [-0.15, -0.1) is 23.1 Å². The highest BCUT2D eigenvalue weighted by atomic mass is 32.2. The van der Waals surface area contributed by atoms with Gasteiger partial charge >= 0.3 is 0 Å². The Bertz CT molecular complexity index is 445. The molecule has 2 rings (SSSR count). The molecular weight excluding hydrogens is 226 g/mol. The van der Waals surface area contributed by atoms with Crippen molar-refractivity contribution in [3.63, 3.8) is 0 Å². The van der Waals surface area contributed by atoms with Crippen LogP contribution in [0, 0.1) is 0 Å². The average Bonchev–Trinajstić information content (AvgIpc) is 2.83. The highest BCUT2D eigenvalue weighted by Gasteiger charge is 2.15. The smallest absolute Gasteiger partial charge is 0.108 e. The van der Waals surface area contributed by atoms with Gasteiger partial charge in [0.15, 0.2) is 0 Å². The molecule has 0 saturated heterocycles. The van der Waals surface area contributed by atoms with Crippen molar-refractivity contribution < 1.29 is 0 Å². The third kappa shape index (κ3) is 1.82. The molecule has 2 aromatic rings. The summed E-state index contributed by atoms with van der Waals surface area (Å²) >= 11 is 3.39. The number of hydrogen-bond donors (Lipinski definition) is 1. The van der Waals surface area contributed by atoms with Crippen molar-refractivity contribution in [2.75, 3.05) is 6.26 Å². The summed E-state index contributed by atoms with van der Waals surface area (Å²) in [5, 5.41) is 7.73. The minimum Gasteiger partial charge on any atom is -0.326 e. The van der Waals surface area contributed by atoms with Crippen molar-refractivity contribution in [3.05, 3.63) is 23.1 Å². The summed E-state index contributed by atoms with van der Waals surface area (Å²) in [5.41, 5.74) is 7.96. The summed E-state index contributed by atoms with van der Waals surface area (Å²) in [5.74, 6) is 0. The fourth-order valence-corrected chi connectivity index (χ4v) is 3.07. The molecule has 0 spiro atoms. The molecule has 2 aromatic heterocycles. The van der Waals surface area contributed by atoms with Gasteiger partial charge in [-0.05, 0) is 17.7 Å². The summed E-state index contributed by atoms with van der Waals surface area (Å²) in [6.07, 6.45) is 2.05. The number of hydrogen-bond acceptors (Lipinski definition) is 4. The number of aryl methyl sites for hydroxylation is 1. The Hall–Kier alpha value is -0.780. The van der Waals surface area contributed by atoms with E-state index in [4.69, 9.17) is 5.73 Å². The minimum absolute atomic E-state index is 0.539. The van der Waals surface area contributed by atoms with Gasteiger partial charge in [0.25, 0.3) is 0 Å². The lowest BCUT2D eigenvalue weighted by Crippen LogP contribution is -1.99. The number of thioether (sulfide) groups is 1. The van der Waals surface area contributed by atoms with E-state index in [-0.39, 0.29) is 0 Å². The number of nitrogens with zero attached hydrogens (tertiary/aromatic N) is 2. The van der Waals surface area contributed by atoms with Crippen molar-refractivity contribution in [1.82, 2.24) is 9.78 Å². The van der Waals surface area contributed by atoms with E-state index >= 15 is 0 Å². The second kappa shape index (κ2) is 4.38. The van der Waals surface area contributed by atoms with Gasteiger partial charge in [0.05, 0.1) is 9.90 Å². The fourth-order valence-electron chi connectivity index (χ4n) is 1.60. The monoisotopic (exact) mass is 239 g/mol.